The van der Waals surface area contributed by atoms with Crippen LogP contribution in [0.25, 0.3) is 33.2 Å². The molecule has 0 N–H and O–H groups in total. The van der Waals surface area contributed by atoms with E-state index in [0.717, 1.165) is 37.2 Å². The minimum absolute atomic E-state index is 0.923. The van der Waals surface area contributed by atoms with Gasteiger partial charge in [0.15, 0.2) is 0 Å². The first-order valence-electron chi connectivity index (χ1n) is 10.2. The molecule has 0 atom stereocenters. The lowest BCUT2D eigenvalue weighted by molar-refractivity contribution is 0.636. The monoisotopic (exact) mass is 377 g/mol. The molecule has 5 rings (SSSR count). The molecule has 3 nitrogen and oxygen atoms in total. The van der Waals surface area contributed by atoms with E-state index in [4.69, 9.17) is 4.98 Å². The van der Waals surface area contributed by atoms with Crippen molar-refractivity contribution in [3.8, 4) is 11.4 Å². The van der Waals surface area contributed by atoms with E-state index >= 15 is 0 Å². The Morgan fingerprint density at radius 2 is 1.48 bits per heavy atom. The maximum Gasteiger partial charge on any atom is 0.113 e. The van der Waals surface area contributed by atoms with Crippen LogP contribution in [0.15, 0.2) is 91.3 Å². The molecule has 2 aromatic carbocycles. The Bertz CT molecular complexity index is 1240. The number of hydrogen-bond donors (Lipinski definition) is 0. The topological polar surface area (TPSA) is 30.7 Å². The summed E-state index contributed by atoms with van der Waals surface area (Å²) >= 11 is 0. The average molecular weight is 377 g/mol. The normalized spacial score (nSPS) is 11.3. The number of rotatable bonds is 6. The molecular formula is C26H23N3. The number of benzene rings is 2. The van der Waals surface area contributed by atoms with Crippen LogP contribution in [-0.4, -0.2) is 14.5 Å². The van der Waals surface area contributed by atoms with Crippen molar-refractivity contribution >= 4 is 21.8 Å². The lowest BCUT2D eigenvalue weighted by Crippen LogP contribution is -2.01. The van der Waals surface area contributed by atoms with Gasteiger partial charge in [0.2, 0.25) is 0 Å². The Hall–Kier alpha value is -3.46. The molecule has 0 saturated carbocycles. The number of pyridine rings is 2. The molecule has 0 spiro atoms. The first kappa shape index (κ1) is 17.6. The van der Waals surface area contributed by atoms with E-state index < -0.39 is 0 Å². The number of para-hydroxylation sites is 1. The highest BCUT2D eigenvalue weighted by molar-refractivity contribution is 6.11. The highest BCUT2D eigenvalue weighted by atomic mass is 15.0. The summed E-state index contributed by atoms with van der Waals surface area (Å²) in [6.45, 7) is 0.975. The second kappa shape index (κ2) is 7.88. The fraction of sp³-hybridized carbons (Fsp3) is 0.154. The SMILES string of the molecule is c1ccc(CCCCn2c3ccccc3c3ccnc(-c4ccccn4)c32)cc1. The molecule has 0 aliphatic carbocycles. The van der Waals surface area contributed by atoms with E-state index in [9.17, 15) is 0 Å². The molecule has 142 valence electrons. The second-order valence-corrected chi connectivity index (χ2v) is 7.38. The third kappa shape index (κ3) is 3.40. The summed E-state index contributed by atoms with van der Waals surface area (Å²) < 4.78 is 2.44. The van der Waals surface area contributed by atoms with Gasteiger partial charge in [0.25, 0.3) is 0 Å². The summed E-state index contributed by atoms with van der Waals surface area (Å²) in [5, 5.41) is 2.53. The van der Waals surface area contributed by atoms with Gasteiger partial charge in [-0.3, -0.25) is 9.97 Å². The molecule has 0 amide bonds. The second-order valence-electron chi connectivity index (χ2n) is 7.38. The van der Waals surface area contributed by atoms with Gasteiger partial charge in [-0.05, 0) is 49.1 Å². The number of fused-ring (bicyclic) bond motifs is 3. The van der Waals surface area contributed by atoms with Crippen LogP contribution in [-0.2, 0) is 13.0 Å². The van der Waals surface area contributed by atoms with Crippen LogP contribution in [0.3, 0.4) is 0 Å². The van der Waals surface area contributed by atoms with E-state index in [-0.39, 0.29) is 0 Å². The molecule has 5 aromatic rings. The summed E-state index contributed by atoms with van der Waals surface area (Å²) in [5.74, 6) is 0. The summed E-state index contributed by atoms with van der Waals surface area (Å²) in [6, 6.07) is 27.5. The zero-order valence-corrected chi connectivity index (χ0v) is 16.3. The highest BCUT2D eigenvalue weighted by Gasteiger charge is 2.16. The Morgan fingerprint density at radius 3 is 2.34 bits per heavy atom. The third-order valence-electron chi connectivity index (χ3n) is 5.53. The van der Waals surface area contributed by atoms with Gasteiger partial charge in [0.05, 0.1) is 11.2 Å². The van der Waals surface area contributed by atoms with Crippen molar-refractivity contribution in [3.05, 3.63) is 96.8 Å². The fourth-order valence-corrected chi connectivity index (χ4v) is 4.17. The van der Waals surface area contributed by atoms with E-state index in [0.29, 0.717) is 0 Å². The van der Waals surface area contributed by atoms with E-state index in [1.54, 1.807) is 0 Å². The molecule has 3 aromatic heterocycles. The Labute approximate surface area is 170 Å². The zero-order chi connectivity index (χ0) is 19.5. The van der Waals surface area contributed by atoms with Crippen LogP contribution in [0.1, 0.15) is 18.4 Å². The molecule has 0 aliphatic heterocycles. The molecule has 0 unspecified atom stereocenters. The summed E-state index contributed by atoms with van der Waals surface area (Å²) in [5.41, 5.74) is 5.75. The standard InChI is InChI=1S/C26H23N3/c1-2-10-20(11-3-1)12-7-9-19-29-24-15-5-4-13-21(24)22-16-18-28-25(26(22)29)23-14-6-8-17-27-23/h1-6,8,10-11,13-18H,7,9,12,19H2. The molecule has 0 radical (unpaired) electrons. The van der Waals surface area contributed by atoms with Crippen LogP contribution >= 0.6 is 0 Å². The van der Waals surface area contributed by atoms with Crippen molar-refractivity contribution in [3.63, 3.8) is 0 Å². The van der Waals surface area contributed by atoms with Gasteiger partial charge in [-0.25, -0.2) is 0 Å². The zero-order valence-electron chi connectivity index (χ0n) is 16.3. The summed E-state index contributed by atoms with van der Waals surface area (Å²) in [7, 11) is 0. The minimum Gasteiger partial charge on any atom is -0.339 e. The predicted octanol–water partition coefficient (Wildman–Crippen LogP) is 6.27. The van der Waals surface area contributed by atoms with Crippen LogP contribution in [0.4, 0.5) is 0 Å². The van der Waals surface area contributed by atoms with E-state index in [2.05, 4.69) is 70.2 Å². The van der Waals surface area contributed by atoms with Crippen LogP contribution in [0.5, 0.6) is 0 Å². The van der Waals surface area contributed by atoms with Gasteiger partial charge in [-0.1, -0.05) is 54.6 Å². The largest absolute Gasteiger partial charge is 0.339 e. The van der Waals surface area contributed by atoms with Crippen LogP contribution in [0.2, 0.25) is 0 Å². The predicted molar refractivity (Wildman–Crippen MR) is 120 cm³/mol. The first-order chi connectivity index (χ1) is 14.4. The van der Waals surface area contributed by atoms with Crippen LogP contribution in [0, 0.1) is 0 Å². The number of aromatic nitrogens is 3. The minimum atomic E-state index is 0.923. The Morgan fingerprint density at radius 1 is 0.655 bits per heavy atom. The Kier molecular flexibility index (Phi) is 4.79. The van der Waals surface area contributed by atoms with Crippen molar-refractivity contribution in [1.29, 1.82) is 0 Å². The van der Waals surface area contributed by atoms with E-state index in [1.165, 1.54) is 27.4 Å². The van der Waals surface area contributed by atoms with Crippen molar-refractivity contribution in [2.45, 2.75) is 25.8 Å². The summed E-state index contributed by atoms with van der Waals surface area (Å²) in [6.07, 6.45) is 7.14. The average Bonchev–Trinajstić information content (AvgIpc) is 3.12. The summed E-state index contributed by atoms with van der Waals surface area (Å²) in [4.78, 5) is 9.30. The fourth-order valence-electron chi connectivity index (χ4n) is 4.17. The number of nitrogens with zero attached hydrogens (tertiary/aromatic N) is 3. The van der Waals surface area contributed by atoms with Gasteiger partial charge < -0.3 is 4.57 Å². The Balaban J connectivity index is 1.54. The number of hydrogen-bond acceptors (Lipinski definition) is 2. The molecule has 0 saturated heterocycles. The lowest BCUT2D eigenvalue weighted by Gasteiger charge is -2.10. The first-order valence-corrected chi connectivity index (χ1v) is 10.2. The smallest absolute Gasteiger partial charge is 0.113 e. The maximum absolute atomic E-state index is 4.73. The highest BCUT2D eigenvalue weighted by Crippen LogP contribution is 2.34. The molecule has 0 bridgehead atoms. The van der Waals surface area contributed by atoms with Crippen LogP contribution < -0.4 is 0 Å². The van der Waals surface area contributed by atoms with Crippen molar-refractivity contribution in [1.82, 2.24) is 14.5 Å². The molecule has 0 fully saturated rings. The van der Waals surface area contributed by atoms with Crippen molar-refractivity contribution in [2.75, 3.05) is 0 Å². The number of unbranched alkanes of at least 4 members (excludes halogenated alkanes) is 1. The molecular weight excluding hydrogens is 354 g/mol. The van der Waals surface area contributed by atoms with Gasteiger partial charge in [-0.2, -0.15) is 0 Å². The van der Waals surface area contributed by atoms with Crippen molar-refractivity contribution < 1.29 is 0 Å². The lowest BCUT2D eigenvalue weighted by atomic mass is 10.1. The van der Waals surface area contributed by atoms with Gasteiger partial charge in [0.1, 0.15) is 5.69 Å². The van der Waals surface area contributed by atoms with Gasteiger partial charge in [0, 0.05) is 35.2 Å². The molecule has 0 aliphatic rings. The van der Waals surface area contributed by atoms with Crippen molar-refractivity contribution in [2.24, 2.45) is 0 Å². The van der Waals surface area contributed by atoms with E-state index in [1.807, 2.05) is 30.6 Å². The number of aryl methyl sites for hydroxylation is 2. The quantitative estimate of drug-likeness (QED) is 0.326. The molecule has 3 heterocycles. The maximum atomic E-state index is 4.73. The third-order valence-corrected chi connectivity index (χ3v) is 5.53. The van der Waals surface area contributed by atoms with Gasteiger partial charge >= 0.3 is 0 Å². The molecule has 29 heavy (non-hydrogen) atoms. The van der Waals surface area contributed by atoms with Gasteiger partial charge in [-0.15, -0.1) is 0 Å². The molecule has 3 heteroatoms.